The molecule has 12 heteroatoms. The van der Waals surface area contributed by atoms with Crippen molar-refractivity contribution in [2.45, 2.75) is 110 Å². The van der Waals surface area contributed by atoms with Crippen LogP contribution < -0.4 is 4.90 Å². The molecule has 0 N–H and O–H groups in total. The standard InChI is InChI=1S/C37H56N6O4Si2/c1-37-21-28(37)19-29-33(22-37)43(25-47-14-16-49(6,7)8)40-35(29)36-39-30-20-31(41(2)34(44)17-26-9-11-45-12-10-26)27(23-38)18-32(30)42(36)24-46-13-15-48(3,4)5/h18,20,26,28H,9-17,19,21-22,24-25H2,1-8H3/t28-,37-/m1/s1. The molecular weight excluding hydrogens is 649 g/mol. The number of carbonyl (C=O) groups excluding carboxylic acids is 1. The van der Waals surface area contributed by atoms with Gasteiger partial charge in [-0.25, -0.2) is 9.67 Å². The van der Waals surface area contributed by atoms with Crippen LogP contribution in [0.5, 0.6) is 0 Å². The Kier molecular flexibility index (Phi) is 10.3. The molecule has 266 valence electrons. The van der Waals surface area contributed by atoms with E-state index in [2.05, 4.69) is 61.5 Å². The smallest absolute Gasteiger partial charge is 0.227 e. The van der Waals surface area contributed by atoms with Crippen molar-refractivity contribution in [3.8, 4) is 17.6 Å². The highest BCUT2D eigenvalue weighted by molar-refractivity contribution is 6.76. The second-order valence-corrected chi connectivity index (χ2v) is 28.7. The minimum Gasteiger partial charge on any atom is -0.381 e. The molecule has 0 unspecified atom stereocenters. The van der Waals surface area contributed by atoms with Crippen LogP contribution >= 0.6 is 0 Å². The minimum atomic E-state index is -1.29. The van der Waals surface area contributed by atoms with E-state index >= 15 is 0 Å². The summed E-state index contributed by atoms with van der Waals surface area (Å²) in [6, 6.07) is 8.33. The molecule has 0 bridgehead atoms. The second-order valence-electron chi connectivity index (χ2n) is 17.5. The van der Waals surface area contributed by atoms with Crippen molar-refractivity contribution in [1.29, 1.82) is 5.26 Å². The Morgan fingerprint density at radius 1 is 1.08 bits per heavy atom. The lowest BCUT2D eigenvalue weighted by atomic mass is 9.87. The van der Waals surface area contributed by atoms with Crippen LogP contribution in [0.15, 0.2) is 12.1 Å². The number of anilines is 1. The highest BCUT2D eigenvalue weighted by atomic mass is 28.3. The molecule has 2 aliphatic carbocycles. The maximum atomic E-state index is 13.5. The number of nitriles is 1. The summed E-state index contributed by atoms with van der Waals surface area (Å²) in [5.41, 5.74) is 6.31. The van der Waals surface area contributed by atoms with E-state index in [-0.39, 0.29) is 5.91 Å². The van der Waals surface area contributed by atoms with Gasteiger partial charge in [0.1, 0.15) is 25.2 Å². The average Bonchev–Trinajstić information content (AvgIpc) is 3.41. The Morgan fingerprint density at radius 2 is 1.76 bits per heavy atom. The quantitative estimate of drug-likeness (QED) is 0.128. The number of benzene rings is 1. The summed E-state index contributed by atoms with van der Waals surface area (Å²) in [6.45, 7) is 20.1. The third-order valence-corrected chi connectivity index (χ3v) is 14.3. The Bertz CT molecular complexity index is 1730. The first-order valence-electron chi connectivity index (χ1n) is 18.2. The van der Waals surface area contributed by atoms with Gasteiger partial charge < -0.3 is 19.1 Å². The molecular formula is C37H56N6O4Si2. The molecule has 10 nitrogen and oxygen atoms in total. The molecule has 2 fully saturated rings. The second kappa shape index (κ2) is 14.1. The predicted octanol–water partition coefficient (Wildman–Crippen LogP) is 7.30. The van der Waals surface area contributed by atoms with Gasteiger partial charge in [0.2, 0.25) is 5.91 Å². The molecule has 6 rings (SSSR count). The molecule has 2 aromatic heterocycles. The molecule has 1 saturated heterocycles. The summed E-state index contributed by atoms with van der Waals surface area (Å²) in [5.74, 6) is 1.71. The number of carbonyl (C=O) groups is 1. The molecule has 1 aliphatic heterocycles. The Balaban J connectivity index is 1.38. The van der Waals surface area contributed by atoms with E-state index in [4.69, 9.17) is 24.3 Å². The number of rotatable bonds is 14. The van der Waals surface area contributed by atoms with E-state index in [1.165, 1.54) is 17.7 Å². The van der Waals surface area contributed by atoms with Crippen LogP contribution in [0.25, 0.3) is 22.6 Å². The fraction of sp³-hybridized carbons (Fsp3) is 0.676. The van der Waals surface area contributed by atoms with Crippen molar-refractivity contribution in [3.05, 3.63) is 29.0 Å². The van der Waals surface area contributed by atoms with Crippen molar-refractivity contribution >= 4 is 38.8 Å². The van der Waals surface area contributed by atoms with E-state index in [0.29, 0.717) is 68.2 Å². The average molecular weight is 705 g/mol. The first kappa shape index (κ1) is 36.0. The molecule has 1 aromatic carbocycles. The lowest BCUT2D eigenvalue weighted by Gasteiger charge is -2.25. The summed E-state index contributed by atoms with van der Waals surface area (Å²) in [6.07, 6.45) is 5.42. The summed E-state index contributed by atoms with van der Waals surface area (Å²) < 4.78 is 22.3. The number of hydrogen-bond donors (Lipinski definition) is 0. The largest absolute Gasteiger partial charge is 0.381 e. The van der Waals surface area contributed by atoms with Gasteiger partial charge in [0, 0.05) is 67.3 Å². The highest BCUT2D eigenvalue weighted by Crippen LogP contribution is 2.60. The van der Waals surface area contributed by atoms with Crippen LogP contribution in [0.4, 0.5) is 5.69 Å². The molecule has 1 saturated carbocycles. The maximum absolute atomic E-state index is 13.5. The van der Waals surface area contributed by atoms with Crippen molar-refractivity contribution in [3.63, 3.8) is 0 Å². The number of hydrogen-bond acceptors (Lipinski definition) is 7. The van der Waals surface area contributed by atoms with Gasteiger partial charge in [-0.05, 0) is 73.6 Å². The van der Waals surface area contributed by atoms with Crippen LogP contribution in [0.1, 0.15) is 49.4 Å². The number of nitrogens with zero attached hydrogens (tertiary/aromatic N) is 6. The molecule has 0 spiro atoms. The van der Waals surface area contributed by atoms with E-state index in [1.54, 1.807) is 11.9 Å². The van der Waals surface area contributed by atoms with E-state index in [1.807, 2.05) is 12.1 Å². The van der Waals surface area contributed by atoms with Gasteiger partial charge in [-0.15, -0.1) is 0 Å². The lowest BCUT2D eigenvalue weighted by Crippen LogP contribution is -2.30. The number of amides is 1. The number of imidazole rings is 1. The normalized spacial score (nSPS) is 21.0. The highest BCUT2D eigenvalue weighted by Gasteiger charge is 2.54. The van der Waals surface area contributed by atoms with Gasteiger partial charge in [0.15, 0.2) is 5.82 Å². The molecule has 2 atom stereocenters. The van der Waals surface area contributed by atoms with Crippen LogP contribution in [-0.4, -0.2) is 74.9 Å². The van der Waals surface area contributed by atoms with Gasteiger partial charge in [-0.1, -0.05) is 46.2 Å². The topological polar surface area (TPSA) is 107 Å². The molecule has 0 radical (unpaired) electrons. The maximum Gasteiger partial charge on any atom is 0.227 e. The summed E-state index contributed by atoms with van der Waals surface area (Å²) in [4.78, 5) is 20.3. The monoisotopic (exact) mass is 704 g/mol. The van der Waals surface area contributed by atoms with Gasteiger partial charge in [-0.3, -0.25) is 9.36 Å². The van der Waals surface area contributed by atoms with Crippen molar-refractivity contribution in [1.82, 2.24) is 19.3 Å². The third-order valence-electron chi connectivity index (χ3n) is 10.9. The van der Waals surface area contributed by atoms with Crippen LogP contribution in [0, 0.1) is 28.6 Å². The zero-order chi connectivity index (χ0) is 35.1. The van der Waals surface area contributed by atoms with Crippen molar-refractivity contribution in [2.24, 2.45) is 17.3 Å². The van der Waals surface area contributed by atoms with Gasteiger partial charge >= 0.3 is 0 Å². The van der Waals surface area contributed by atoms with Gasteiger partial charge in [0.05, 0.1) is 22.3 Å². The third kappa shape index (κ3) is 8.23. The first-order valence-corrected chi connectivity index (χ1v) is 25.6. The molecule has 3 heterocycles. The predicted molar refractivity (Wildman–Crippen MR) is 199 cm³/mol. The fourth-order valence-corrected chi connectivity index (χ4v) is 8.79. The summed E-state index contributed by atoms with van der Waals surface area (Å²) >= 11 is 0. The number of fused-ring (bicyclic) bond motifs is 3. The zero-order valence-electron chi connectivity index (χ0n) is 31.0. The van der Waals surface area contributed by atoms with E-state index < -0.39 is 16.1 Å². The fourth-order valence-electron chi connectivity index (χ4n) is 7.27. The van der Waals surface area contributed by atoms with E-state index in [0.717, 1.165) is 66.9 Å². The van der Waals surface area contributed by atoms with Gasteiger partial charge in [-0.2, -0.15) is 10.4 Å². The molecule has 49 heavy (non-hydrogen) atoms. The first-order chi connectivity index (χ1) is 23.2. The summed E-state index contributed by atoms with van der Waals surface area (Å²) in [5, 5.41) is 15.6. The van der Waals surface area contributed by atoms with Crippen LogP contribution in [0.3, 0.4) is 0 Å². The minimum absolute atomic E-state index is 0.00603. The Morgan fingerprint density at radius 3 is 2.41 bits per heavy atom. The van der Waals surface area contributed by atoms with Crippen molar-refractivity contribution < 1.29 is 19.0 Å². The Labute approximate surface area is 294 Å². The molecule has 1 amide bonds. The zero-order valence-corrected chi connectivity index (χ0v) is 33.0. The van der Waals surface area contributed by atoms with Crippen LogP contribution in [0.2, 0.25) is 51.4 Å². The number of ether oxygens (including phenoxy) is 3. The SMILES string of the molecule is CN(C(=O)CC1CCOCC1)c1cc2nc(-c3nn(COCC[Si](C)(C)C)c4c3C[C@@H]3C[C@]3(C)C4)n(COCC[Si](C)(C)C)c2cc1C#N. The Hall–Kier alpha value is -2.83. The number of aromatic nitrogens is 4. The van der Waals surface area contributed by atoms with Gasteiger partial charge in [0.25, 0.3) is 0 Å². The van der Waals surface area contributed by atoms with E-state index in [9.17, 15) is 10.1 Å². The van der Waals surface area contributed by atoms with Crippen LogP contribution in [-0.2, 0) is 45.3 Å². The molecule has 3 aromatic rings. The summed E-state index contributed by atoms with van der Waals surface area (Å²) in [7, 11) is -0.734. The molecule has 3 aliphatic rings. The van der Waals surface area contributed by atoms with Crippen molar-refractivity contribution in [2.75, 3.05) is 38.4 Å². The lowest BCUT2D eigenvalue weighted by molar-refractivity contribution is -0.119.